The van der Waals surface area contributed by atoms with Gasteiger partial charge in [-0.25, -0.2) is 19.7 Å². The van der Waals surface area contributed by atoms with E-state index in [1.54, 1.807) is 24.1 Å². The summed E-state index contributed by atoms with van der Waals surface area (Å²) in [5, 5.41) is 21.8. The Balaban J connectivity index is 1.18. The minimum Gasteiger partial charge on any atom is -0.480 e. The van der Waals surface area contributed by atoms with Crippen molar-refractivity contribution in [2.45, 2.75) is 31.2 Å². The molecule has 1 unspecified atom stereocenters. The summed E-state index contributed by atoms with van der Waals surface area (Å²) in [5.74, 6) is 1.09. The largest absolute Gasteiger partial charge is 0.480 e. The molecule has 38 heavy (non-hydrogen) atoms. The van der Waals surface area contributed by atoms with Crippen molar-refractivity contribution >= 4 is 17.1 Å². The maximum Gasteiger partial charge on any atom is 0.417 e. The van der Waals surface area contributed by atoms with Gasteiger partial charge in [0.05, 0.1) is 37.0 Å². The maximum atomic E-state index is 12.6. The topological polar surface area (TPSA) is 127 Å². The summed E-state index contributed by atoms with van der Waals surface area (Å²) >= 11 is 0. The molecule has 11 heteroatoms. The fraction of sp³-hybridized carbons (Fsp3) is 0.370. The second-order valence-corrected chi connectivity index (χ2v) is 9.30. The van der Waals surface area contributed by atoms with Crippen molar-refractivity contribution in [3.05, 3.63) is 77.9 Å². The van der Waals surface area contributed by atoms with E-state index in [0.29, 0.717) is 28.2 Å². The van der Waals surface area contributed by atoms with Gasteiger partial charge in [0.1, 0.15) is 18.5 Å². The quantitative estimate of drug-likeness (QED) is 0.508. The highest BCUT2D eigenvalue weighted by molar-refractivity contribution is 5.78. The summed E-state index contributed by atoms with van der Waals surface area (Å²) in [7, 11) is 3.27. The van der Waals surface area contributed by atoms with E-state index < -0.39 is 24.4 Å². The number of fused-ring (bicyclic) bond motifs is 1. The molecule has 2 aliphatic heterocycles. The van der Waals surface area contributed by atoms with Gasteiger partial charge in [-0.15, -0.1) is 0 Å². The van der Waals surface area contributed by atoms with Gasteiger partial charge in [0, 0.05) is 18.7 Å². The first-order valence-electron chi connectivity index (χ1n) is 12.3. The van der Waals surface area contributed by atoms with Gasteiger partial charge in [0.15, 0.2) is 12.0 Å². The lowest BCUT2D eigenvalue weighted by molar-refractivity contribution is 0.00726. The summed E-state index contributed by atoms with van der Waals surface area (Å²) < 4.78 is 21.9. The number of rotatable bonds is 9. The smallest absolute Gasteiger partial charge is 0.417 e. The van der Waals surface area contributed by atoms with Crippen LogP contribution in [0.2, 0.25) is 0 Å². The van der Waals surface area contributed by atoms with Crippen LogP contribution < -0.4 is 4.74 Å². The second kappa shape index (κ2) is 11.2. The Bertz CT molecular complexity index is 1320. The molecule has 3 heterocycles. The molecule has 0 radical (unpaired) electrons. The monoisotopic (exact) mass is 522 g/mol. The number of benzene rings is 1. The number of allylic oxidation sites excluding steroid dienone is 4. The van der Waals surface area contributed by atoms with Gasteiger partial charge in [-0.2, -0.15) is 0 Å². The minimum atomic E-state index is -1.00. The van der Waals surface area contributed by atoms with Crippen molar-refractivity contribution < 1.29 is 34.0 Å². The molecule has 0 bridgehead atoms. The van der Waals surface area contributed by atoms with Gasteiger partial charge in [0.2, 0.25) is 11.8 Å². The number of aliphatic hydroxyl groups is 2. The number of aliphatic hydroxyl groups excluding tert-OH is 2. The molecule has 5 rings (SSSR count). The number of carbonyl (C=O) groups excluding carboxylic acids is 1. The number of nitrogens with zero attached hydrogens (tertiary/aromatic N) is 4. The molecule has 3 atom stereocenters. The Morgan fingerprint density at radius 1 is 1.26 bits per heavy atom. The minimum absolute atomic E-state index is 0.0938. The van der Waals surface area contributed by atoms with Crippen LogP contribution >= 0.6 is 0 Å². The Hall–Kier alpha value is -3.93. The van der Waals surface area contributed by atoms with Crippen LogP contribution in [0.25, 0.3) is 11.0 Å². The van der Waals surface area contributed by atoms with E-state index >= 15 is 0 Å². The lowest BCUT2D eigenvalue weighted by Crippen LogP contribution is -2.41. The summed E-state index contributed by atoms with van der Waals surface area (Å²) in [6.45, 7) is 0.458. The summed E-state index contributed by atoms with van der Waals surface area (Å²) in [4.78, 5) is 24.4. The number of amides is 1. The van der Waals surface area contributed by atoms with E-state index in [2.05, 4.69) is 16.0 Å². The van der Waals surface area contributed by atoms with Gasteiger partial charge in [0.25, 0.3) is 0 Å². The number of aromatic nitrogens is 2. The standard InChI is InChI=1S/C27H30N4O7/c1-30(12-20(32)18-9-6-10-19-26(18)29-24(35-2)11-28-19)13-21(33)22-14-31(27(34)38-22)25-16-36-15-23(37-25)17-7-4-3-5-8-17/h3-4,6-7,9-11,15-16,20-22,32-33H,5,8,12-14H2,1-2H3/t20-,21?,22+/m1/s1. The first-order valence-corrected chi connectivity index (χ1v) is 12.3. The molecule has 1 aromatic heterocycles. The van der Waals surface area contributed by atoms with Crippen LogP contribution in [-0.4, -0.2) is 82.1 Å². The molecule has 1 amide bonds. The van der Waals surface area contributed by atoms with E-state index in [0.717, 1.165) is 18.4 Å². The van der Waals surface area contributed by atoms with Gasteiger partial charge in [-0.3, -0.25) is 0 Å². The van der Waals surface area contributed by atoms with Crippen molar-refractivity contribution in [1.29, 1.82) is 0 Å². The molecule has 0 spiro atoms. The predicted octanol–water partition coefficient (Wildman–Crippen LogP) is 2.75. The number of cyclic esters (lactones) is 1. The molecule has 11 nitrogen and oxygen atoms in total. The van der Waals surface area contributed by atoms with Gasteiger partial charge < -0.3 is 34.1 Å². The van der Waals surface area contributed by atoms with E-state index in [4.69, 9.17) is 18.9 Å². The molecule has 1 aliphatic carbocycles. The maximum absolute atomic E-state index is 12.6. The fourth-order valence-corrected chi connectivity index (χ4v) is 4.56. The average Bonchev–Trinajstić information content (AvgIpc) is 3.34. The zero-order valence-electron chi connectivity index (χ0n) is 21.2. The predicted molar refractivity (Wildman–Crippen MR) is 136 cm³/mol. The number of ether oxygens (including phenoxy) is 4. The Kier molecular flexibility index (Phi) is 7.59. The third-order valence-electron chi connectivity index (χ3n) is 6.55. The van der Waals surface area contributed by atoms with Crippen LogP contribution in [0.1, 0.15) is 24.5 Å². The first kappa shape index (κ1) is 25.7. The van der Waals surface area contributed by atoms with Crippen LogP contribution in [0, 0.1) is 0 Å². The van der Waals surface area contributed by atoms with Crippen LogP contribution in [0.15, 0.2) is 72.4 Å². The lowest BCUT2D eigenvalue weighted by Gasteiger charge is -2.26. The SMILES string of the molecule is COc1cnc2cccc([C@H](O)CN(C)CC(O)[C@@H]3CN(C4=COC=C(C5=CC=CCC5)O4)C(=O)O3)c2n1. The third-order valence-corrected chi connectivity index (χ3v) is 6.55. The number of carbonyl (C=O) groups is 1. The van der Waals surface area contributed by atoms with E-state index in [-0.39, 0.29) is 25.5 Å². The normalized spacial score (nSPS) is 20.8. The van der Waals surface area contributed by atoms with Crippen molar-refractivity contribution in [1.82, 2.24) is 19.8 Å². The van der Waals surface area contributed by atoms with Crippen molar-refractivity contribution in [2.75, 3.05) is 33.8 Å². The van der Waals surface area contributed by atoms with Crippen LogP contribution in [0.4, 0.5) is 4.79 Å². The van der Waals surface area contributed by atoms with Gasteiger partial charge >= 0.3 is 6.09 Å². The molecule has 1 aromatic carbocycles. The number of hydrogen-bond donors (Lipinski definition) is 2. The Morgan fingerprint density at radius 2 is 2.13 bits per heavy atom. The zero-order valence-corrected chi connectivity index (χ0v) is 21.2. The highest BCUT2D eigenvalue weighted by Gasteiger charge is 2.40. The highest BCUT2D eigenvalue weighted by Crippen LogP contribution is 2.30. The number of likely N-dealkylation sites (N-methyl/N-ethyl adjacent to an activating group) is 1. The number of hydrogen-bond acceptors (Lipinski definition) is 10. The second-order valence-electron chi connectivity index (χ2n) is 9.30. The van der Waals surface area contributed by atoms with Crippen molar-refractivity contribution in [3.8, 4) is 5.88 Å². The summed E-state index contributed by atoms with van der Waals surface area (Å²) in [6, 6.07) is 5.39. The molecule has 1 saturated heterocycles. The fourth-order valence-electron chi connectivity index (χ4n) is 4.56. The van der Waals surface area contributed by atoms with E-state index in [1.165, 1.54) is 30.7 Å². The van der Waals surface area contributed by atoms with E-state index in [1.807, 2.05) is 18.2 Å². The van der Waals surface area contributed by atoms with Crippen LogP contribution in [0.3, 0.4) is 0 Å². The van der Waals surface area contributed by atoms with Gasteiger partial charge in [-0.1, -0.05) is 30.4 Å². The zero-order chi connectivity index (χ0) is 26.6. The molecule has 2 N–H and O–H groups in total. The van der Waals surface area contributed by atoms with Crippen LogP contribution in [0.5, 0.6) is 5.88 Å². The van der Waals surface area contributed by atoms with Crippen molar-refractivity contribution in [3.63, 3.8) is 0 Å². The third kappa shape index (κ3) is 5.49. The molecule has 200 valence electrons. The van der Waals surface area contributed by atoms with Crippen LogP contribution in [-0.2, 0) is 14.2 Å². The lowest BCUT2D eigenvalue weighted by atomic mass is 10.0. The Labute approximate surface area is 219 Å². The Morgan fingerprint density at radius 3 is 2.92 bits per heavy atom. The van der Waals surface area contributed by atoms with Crippen molar-refractivity contribution in [2.24, 2.45) is 0 Å². The van der Waals surface area contributed by atoms with Gasteiger partial charge in [-0.05, 0) is 31.5 Å². The molecular weight excluding hydrogens is 492 g/mol. The molecule has 3 aliphatic rings. The molecule has 2 aromatic rings. The molecule has 0 saturated carbocycles. The summed E-state index contributed by atoms with van der Waals surface area (Å²) in [6.07, 6.45) is 8.72. The van der Waals surface area contributed by atoms with E-state index in [9.17, 15) is 15.0 Å². The summed E-state index contributed by atoms with van der Waals surface area (Å²) in [5.41, 5.74) is 2.76. The molecular formula is C27H30N4O7. The number of para-hydroxylation sites is 1. The highest BCUT2D eigenvalue weighted by atomic mass is 16.6. The first-order chi connectivity index (χ1) is 18.4. The molecule has 1 fully saturated rings. The average molecular weight is 523 g/mol. The number of methoxy groups -OCH3 is 1.